The van der Waals surface area contributed by atoms with E-state index in [1.807, 2.05) is 12.1 Å². The quantitative estimate of drug-likeness (QED) is 0.389. The molecule has 3 aromatic carbocycles. The third-order valence-corrected chi connectivity index (χ3v) is 6.13. The standard InChI is InChI=1S/C24H20Cl2N4O4/c25-18-8-5-16(6-9-18)24(32)29-13-11-28(12-14-29)21-4-2-1-3-20(21)27-23(31)17-7-10-19(26)22(15-17)30(33)34/h1-10,15H,11-14H2,(H,27,31). The number of nitro groups is 1. The molecule has 2 amide bonds. The lowest BCUT2D eigenvalue weighted by atomic mass is 10.1. The minimum atomic E-state index is -0.627. The van der Waals surface area contributed by atoms with Crippen LogP contribution < -0.4 is 10.2 Å². The van der Waals surface area contributed by atoms with Gasteiger partial charge in [-0.1, -0.05) is 35.3 Å². The smallest absolute Gasteiger partial charge is 0.288 e. The summed E-state index contributed by atoms with van der Waals surface area (Å²) in [6, 6.07) is 18.0. The van der Waals surface area contributed by atoms with E-state index < -0.39 is 10.8 Å². The summed E-state index contributed by atoms with van der Waals surface area (Å²) in [4.78, 5) is 40.0. The molecule has 1 heterocycles. The van der Waals surface area contributed by atoms with E-state index in [9.17, 15) is 19.7 Å². The van der Waals surface area contributed by atoms with Crippen molar-refractivity contribution in [2.45, 2.75) is 0 Å². The first-order valence-corrected chi connectivity index (χ1v) is 11.2. The molecular formula is C24H20Cl2N4O4. The number of nitrogens with one attached hydrogen (secondary N) is 1. The summed E-state index contributed by atoms with van der Waals surface area (Å²) >= 11 is 11.8. The van der Waals surface area contributed by atoms with Crippen molar-refractivity contribution in [3.63, 3.8) is 0 Å². The van der Waals surface area contributed by atoms with Gasteiger partial charge in [0.05, 0.1) is 16.3 Å². The summed E-state index contributed by atoms with van der Waals surface area (Å²) in [6.07, 6.45) is 0. The molecule has 8 nitrogen and oxygen atoms in total. The number of halogens is 2. The molecule has 1 aliphatic rings. The third kappa shape index (κ3) is 5.13. The Morgan fingerprint density at radius 2 is 1.53 bits per heavy atom. The molecule has 0 spiro atoms. The van der Waals surface area contributed by atoms with Crippen molar-refractivity contribution in [1.29, 1.82) is 0 Å². The molecule has 0 saturated carbocycles. The Morgan fingerprint density at radius 1 is 0.882 bits per heavy atom. The lowest BCUT2D eigenvalue weighted by molar-refractivity contribution is -0.384. The summed E-state index contributed by atoms with van der Waals surface area (Å²) < 4.78 is 0. The second-order valence-corrected chi connectivity index (χ2v) is 8.52. The Balaban J connectivity index is 1.45. The lowest BCUT2D eigenvalue weighted by Crippen LogP contribution is -2.49. The summed E-state index contributed by atoms with van der Waals surface area (Å²) in [6.45, 7) is 2.21. The Morgan fingerprint density at radius 3 is 2.21 bits per heavy atom. The monoisotopic (exact) mass is 498 g/mol. The molecule has 0 unspecified atom stereocenters. The molecule has 0 aliphatic carbocycles. The highest BCUT2D eigenvalue weighted by atomic mass is 35.5. The minimum absolute atomic E-state index is 0.0343. The fraction of sp³-hybridized carbons (Fsp3) is 0.167. The van der Waals surface area contributed by atoms with E-state index in [1.54, 1.807) is 41.3 Å². The molecule has 34 heavy (non-hydrogen) atoms. The number of carbonyl (C=O) groups excluding carboxylic acids is 2. The topological polar surface area (TPSA) is 95.8 Å². The van der Waals surface area contributed by atoms with E-state index in [0.29, 0.717) is 42.5 Å². The van der Waals surface area contributed by atoms with Gasteiger partial charge in [0.15, 0.2) is 0 Å². The largest absolute Gasteiger partial charge is 0.366 e. The molecule has 1 fully saturated rings. The normalized spacial score (nSPS) is 13.5. The van der Waals surface area contributed by atoms with E-state index in [4.69, 9.17) is 23.2 Å². The number of hydrogen-bond acceptors (Lipinski definition) is 5. The number of carbonyl (C=O) groups is 2. The van der Waals surface area contributed by atoms with Crippen LogP contribution in [0.1, 0.15) is 20.7 Å². The van der Waals surface area contributed by atoms with E-state index >= 15 is 0 Å². The van der Waals surface area contributed by atoms with Gasteiger partial charge in [-0.25, -0.2) is 0 Å². The van der Waals surface area contributed by atoms with Gasteiger partial charge in [-0.15, -0.1) is 0 Å². The van der Waals surface area contributed by atoms with E-state index in [0.717, 1.165) is 11.8 Å². The highest BCUT2D eigenvalue weighted by Gasteiger charge is 2.24. The Labute approximate surface area is 205 Å². The van der Waals surface area contributed by atoms with Crippen LogP contribution in [-0.2, 0) is 0 Å². The van der Waals surface area contributed by atoms with Crippen molar-refractivity contribution < 1.29 is 14.5 Å². The average molecular weight is 499 g/mol. The fourth-order valence-corrected chi connectivity index (χ4v) is 4.08. The predicted octanol–water partition coefficient (Wildman–Crippen LogP) is 5.12. The average Bonchev–Trinajstić information content (AvgIpc) is 2.84. The molecular weight excluding hydrogens is 479 g/mol. The van der Waals surface area contributed by atoms with Gasteiger partial charge in [-0.3, -0.25) is 19.7 Å². The first-order chi connectivity index (χ1) is 16.3. The summed E-state index contributed by atoms with van der Waals surface area (Å²) in [7, 11) is 0. The van der Waals surface area contributed by atoms with E-state index in [1.165, 1.54) is 12.1 Å². The zero-order chi connectivity index (χ0) is 24.2. The summed E-state index contributed by atoms with van der Waals surface area (Å²) in [5.74, 6) is -0.536. The molecule has 3 aromatic rings. The molecule has 1 N–H and O–H groups in total. The Hall–Kier alpha value is -3.62. The minimum Gasteiger partial charge on any atom is -0.366 e. The van der Waals surface area contributed by atoms with E-state index in [2.05, 4.69) is 10.2 Å². The van der Waals surface area contributed by atoms with Crippen molar-refractivity contribution in [2.75, 3.05) is 36.4 Å². The molecule has 1 aliphatic heterocycles. The maximum absolute atomic E-state index is 12.8. The molecule has 0 radical (unpaired) electrons. The van der Waals surface area contributed by atoms with Gasteiger partial charge in [-0.2, -0.15) is 0 Å². The number of nitrogens with zero attached hydrogens (tertiary/aromatic N) is 3. The third-order valence-electron chi connectivity index (χ3n) is 5.56. The van der Waals surface area contributed by atoms with Gasteiger partial charge in [0.1, 0.15) is 5.02 Å². The molecule has 10 heteroatoms. The predicted molar refractivity (Wildman–Crippen MR) is 132 cm³/mol. The van der Waals surface area contributed by atoms with Crippen LogP contribution in [0.3, 0.4) is 0 Å². The second kappa shape index (κ2) is 10.1. The van der Waals surface area contributed by atoms with Crippen LogP contribution in [0.2, 0.25) is 10.0 Å². The first kappa shape index (κ1) is 23.5. The summed E-state index contributed by atoms with van der Waals surface area (Å²) in [5, 5.41) is 14.5. The molecule has 0 aromatic heterocycles. The van der Waals surface area contributed by atoms with Crippen LogP contribution in [0, 0.1) is 10.1 Å². The van der Waals surface area contributed by atoms with Crippen LogP contribution >= 0.6 is 23.2 Å². The number of amides is 2. The number of benzene rings is 3. The fourth-order valence-electron chi connectivity index (χ4n) is 3.77. The van der Waals surface area contributed by atoms with Gasteiger partial charge >= 0.3 is 0 Å². The van der Waals surface area contributed by atoms with Crippen LogP contribution in [0.5, 0.6) is 0 Å². The second-order valence-electron chi connectivity index (χ2n) is 7.68. The maximum Gasteiger partial charge on any atom is 0.288 e. The number of para-hydroxylation sites is 2. The number of rotatable bonds is 5. The van der Waals surface area contributed by atoms with Gasteiger partial charge in [0.2, 0.25) is 0 Å². The van der Waals surface area contributed by atoms with Crippen LogP contribution in [-0.4, -0.2) is 47.8 Å². The molecule has 1 saturated heterocycles. The zero-order valence-corrected chi connectivity index (χ0v) is 19.4. The Bertz CT molecular complexity index is 1240. The van der Waals surface area contributed by atoms with Gasteiger partial charge in [-0.05, 0) is 48.5 Å². The maximum atomic E-state index is 12.8. The summed E-state index contributed by atoms with van der Waals surface area (Å²) in [5.41, 5.74) is 1.76. The van der Waals surface area contributed by atoms with Crippen molar-refractivity contribution in [2.24, 2.45) is 0 Å². The van der Waals surface area contributed by atoms with Crippen molar-refractivity contribution in [3.05, 3.63) is 98.0 Å². The number of piperazine rings is 1. The first-order valence-electron chi connectivity index (χ1n) is 10.5. The van der Waals surface area contributed by atoms with Crippen molar-refractivity contribution in [1.82, 2.24) is 4.90 Å². The number of anilines is 2. The molecule has 0 atom stereocenters. The highest BCUT2D eigenvalue weighted by molar-refractivity contribution is 6.32. The molecule has 174 valence electrons. The van der Waals surface area contributed by atoms with Gasteiger partial charge in [0, 0.05) is 48.4 Å². The molecule has 0 bridgehead atoms. The lowest BCUT2D eigenvalue weighted by Gasteiger charge is -2.37. The van der Waals surface area contributed by atoms with E-state index in [-0.39, 0.29) is 22.2 Å². The van der Waals surface area contributed by atoms with Gasteiger partial charge in [0.25, 0.3) is 17.5 Å². The number of hydrogen-bond donors (Lipinski definition) is 1. The molecule has 4 rings (SSSR count). The number of nitro benzene ring substituents is 1. The highest BCUT2D eigenvalue weighted by Crippen LogP contribution is 2.29. The van der Waals surface area contributed by atoms with Crippen molar-refractivity contribution >= 4 is 52.1 Å². The Kier molecular flexibility index (Phi) is 7.00. The van der Waals surface area contributed by atoms with Crippen molar-refractivity contribution in [3.8, 4) is 0 Å². The van der Waals surface area contributed by atoms with Crippen LogP contribution in [0.15, 0.2) is 66.7 Å². The van der Waals surface area contributed by atoms with Crippen LogP contribution in [0.25, 0.3) is 0 Å². The zero-order valence-electron chi connectivity index (χ0n) is 17.9. The van der Waals surface area contributed by atoms with Crippen LogP contribution in [0.4, 0.5) is 17.1 Å². The SMILES string of the molecule is O=C(Nc1ccccc1N1CCN(C(=O)c2ccc(Cl)cc2)CC1)c1ccc(Cl)c([N+](=O)[O-])c1. The van der Waals surface area contributed by atoms with Gasteiger partial charge < -0.3 is 15.1 Å².